The highest BCUT2D eigenvalue weighted by Gasteiger charge is 2.23. The van der Waals surface area contributed by atoms with E-state index in [1.165, 1.54) is 0 Å². The molecule has 0 saturated heterocycles. The Hall–Kier alpha value is -2.27. The Bertz CT molecular complexity index is 613. The van der Waals surface area contributed by atoms with Gasteiger partial charge in [-0.3, -0.25) is 9.80 Å². The number of carbonyl (C=O) groups excluding carboxylic acids is 1. The largest absolute Gasteiger partial charge is 0.490 e. The first kappa shape index (κ1) is 19.1. The lowest BCUT2D eigenvalue weighted by molar-refractivity contribution is 0.159. The number of amides is 1. The highest BCUT2D eigenvalue weighted by atomic mass is 16.6. The second-order valence-electron chi connectivity index (χ2n) is 6.04. The zero-order chi connectivity index (χ0) is 18.1. The van der Waals surface area contributed by atoms with Crippen LogP contribution in [0.4, 0.5) is 10.5 Å². The average Bonchev–Trinajstić information content (AvgIpc) is 2.61. The van der Waals surface area contributed by atoms with Gasteiger partial charge in [0.15, 0.2) is 0 Å². The average molecular weight is 344 g/mol. The summed E-state index contributed by atoms with van der Waals surface area (Å²) in [6, 6.07) is 5.88. The molecule has 0 fully saturated rings. The second-order valence-corrected chi connectivity index (χ2v) is 6.04. The normalized spacial score (nSPS) is 13.8. The van der Waals surface area contributed by atoms with Crippen molar-refractivity contribution in [2.24, 2.45) is 0 Å². The van der Waals surface area contributed by atoms with Crippen LogP contribution in [-0.2, 0) is 11.2 Å². The smallest absolute Gasteiger partial charge is 0.414 e. The van der Waals surface area contributed by atoms with Crippen molar-refractivity contribution in [3.63, 3.8) is 0 Å². The molecule has 2 rings (SSSR count). The Kier molecular flexibility index (Phi) is 7.54. The zero-order valence-corrected chi connectivity index (χ0v) is 15.2. The van der Waals surface area contributed by atoms with Crippen molar-refractivity contribution < 1.29 is 14.3 Å². The zero-order valence-electron chi connectivity index (χ0n) is 15.2. The second kappa shape index (κ2) is 9.89. The summed E-state index contributed by atoms with van der Waals surface area (Å²) >= 11 is 0. The van der Waals surface area contributed by atoms with E-state index in [0.29, 0.717) is 19.8 Å². The molecule has 1 amide bonds. The maximum Gasteiger partial charge on any atom is 0.414 e. The molecule has 136 valence electrons. The molecule has 1 heterocycles. The van der Waals surface area contributed by atoms with Crippen LogP contribution in [-0.4, -0.2) is 50.9 Å². The topological polar surface area (TPSA) is 42.0 Å². The van der Waals surface area contributed by atoms with E-state index in [1.807, 2.05) is 44.3 Å². The quantitative estimate of drug-likeness (QED) is 0.675. The molecular weight excluding hydrogens is 316 g/mol. The van der Waals surface area contributed by atoms with Gasteiger partial charge in [-0.1, -0.05) is 18.2 Å². The maximum absolute atomic E-state index is 12.0. The summed E-state index contributed by atoms with van der Waals surface area (Å²) in [4.78, 5) is 15.9. The molecule has 0 aromatic heterocycles. The van der Waals surface area contributed by atoms with E-state index < -0.39 is 0 Å². The van der Waals surface area contributed by atoms with Crippen molar-refractivity contribution in [2.75, 3.05) is 44.8 Å². The van der Waals surface area contributed by atoms with E-state index in [-0.39, 0.29) is 6.09 Å². The van der Waals surface area contributed by atoms with E-state index in [2.05, 4.69) is 17.6 Å². The third kappa shape index (κ3) is 5.64. The third-order valence-electron chi connectivity index (χ3n) is 4.03. The summed E-state index contributed by atoms with van der Waals surface area (Å²) < 4.78 is 10.9. The monoisotopic (exact) mass is 344 g/mol. The van der Waals surface area contributed by atoms with Crippen molar-refractivity contribution in [1.82, 2.24) is 4.90 Å². The first-order valence-electron chi connectivity index (χ1n) is 8.80. The van der Waals surface area contributed by atoms with Gasteiger partial charge in [0.05, 0.1) is 12.3 Å². The lowest BCUT2D eigenvalue weighted by Gasteiger charge is -2.28. The fourth-order valence-corrected chi connectivity index (χ4v) is 2.82. The van der Waals surface area contributed by atoms with Gasteiger partial charge in [-0.05, 0) is 50.6 Å². The Morgan fingerprint density at radius 2 is 2.20 bits per heavy atom. The van der Waals surface area contributed by atoms with Crippen LogP contribution >= 0.6 is 0 Å². The molecule has 5 heteroatoms. The third-order valence-corrected chi connectivity index (χ3v) is 4.03. The van der Waals surface area contributed by atoms with Gasteiger partial charge in [0, 0.05) is 19.6 Å². The van der Waals surface area contributed by atoms with E-state index in [9.17, 15) is 4.79 Å². The standard InChI is InChI=1S/C20H28N2O3/c1-4-12-21(3)13-6-7-15-25-18-10-11-19-17(16-18)9-8-14-22(19)20(23)24-5-2/h4,6-7,10-11,16H,1,5,8-9,12-15H2,2-3H3. The minimum atomic E-state index is -0.274. The molecule has 0 spiro atoms. The number of nitrogens with zero attached hydrogens (tertiary/aromatic N) is 2. The maximum atomic E-state index is 12.0. The highest BCUT2D eigenvalue weighted by Crippen LogP contribution is 2.31. The van der Waals surface area contributed by atoms with Gasteiger partial charge in [0.2, 0.25) is 0 Å². The number of anilines is 1. The van der Waals surface area contributed by atoms with Crippen LogP contribution < -0.4 is 9.64 Å². The van der Waals surface area contributed by atoms with Crippen molar-refractivity contribution in [1.29, 1.82) is 0 Å². The Morgan fingerprint density at radius 1 is 1.36 bits per heavy atom. The minimum absolute atomic E-state index is 0.274. The Labute approximate surface area is 150 Å². The molecule has 0 saturated carbocycles. The summed E-state index contributed by atoms with van der Waals surface area (Å²) in [6.45, 7) is 8.90. The molecule has 1 aliphatic heterocycles. The lowest BCUT2D eigenvalue weighted by Crippen LogP contribution is -2.35. The first-order chi connectivity index (χ1) is 12.2. The number of rotatable bonds is 8. The molecule has 0 unspecified atom stereocenters. The van der Waals surface area contributed by atoms with Crippen LogP contribution in [0.1, 0.15) is 18.9 Å². The first-order valence-corrected chi connectivity index (χ1v) is 8.80. The molecule has 1 aromatic rings. The van der Waals surface area contributed by atoms with Crippen molar-refractivity contribution in [2.45, 2.75) is 19.8 Å². The van der Waals surface area contributed by atoms with Gasteiger partial charge in [0.25, 0.3) is 0 Å². The van der Waals surface area contributed by atoms with E-state index in [4.69, 9.17) is 9.47 Å². The fourth-order valence-electron chi connectivity index (χ4n) is 2.82. The number of ether oxygens (including phenoxy) is 2. The molecule has 5 nitrogen and oxygen atoms in total. The Balaban J connectivity index is 1.91. The van der Waals surface area contributed by atoms with Gasteiger partial charge >= 0.3 is 6.09 Å². The summed E-state index contributed by atoms with van der Waals surface area (Å²) in [5.41, 5.74) is 2.06. The lowest BCUT2D eigenvalue weighted by atomic mass is 10.0. The van der Waals surface area contributed by atoms with Crippen molar-refractivity contribution in [3.8, 4) is 5.75 Å². The molecule has 0 aliphatic carbocycles. The van der Waals surface area contributed by atoms with Crippen LogP contribution in [0.2, 0.25) is 0 Å². The SMILES string of the molecule is C=CCN(C)CC=CCOc1ccc2c(c1)CCCN2C(=O)OCC. The van der Waals surface area contributed by atoms with Crippen LogP contribution in [0.25, 0.3) is 0 Å². The van der Waals surface area contributed by atoms with Crippen molar-refractivity contribution >= 4 is 11.8 Å². The molecule has 0 N–H and O–H groups in total. The summed E-state index contributed by atoms with van der Waals surface area (Å²) in [7, 11) is 2.05. The number of hydrogen-bond acceptors (Lipinski definition) is 4. The number of likely N-dealkylation sites (N-methyl/N-ethyl adjacent to an activating group) is 1. The molecular formula is C20H28N2O3. The highest BCUT2D eigenvalue weighted by molar-refractivity contribution is 5.89. The van der Waals surface area contributed by atoms with Crippen LogP contribution in [0.5, 0.6) is 5.75 Å². The fraction of sp³-hybridized carbons (Fsp3) is 0.450. The van der Waals surface area contributed by atoms with Crippen LogP contribution in [0.15, 0.2) is 43.0 Å². The summed E-state index contributed by atoms with van der Waals surface area (Å²) in [6.07, 6.45) is 7.60. The predicted molar refractivity (Wildman–Crippen MR) is 101 cm³/mol. The van der Waals surface area contributed by atoms with Crippen molar-refractivity contribution in [3.05, 3.63) is 48.6 Å². The minimum Gasteiger partial charge on any atom is -0.490 e. The molecule has 1 aliphatic rings. The van der Waals surface area contributed by atoms with Gasteiger partial charge in [-0.2, -0.15) is 0 Å². The van der Waals surface area contributed by atoms with Gasteiger partial charge < -0.3 is 9.47 Å². The molecule has 0 bridgehead atoms. The van der Waals surface area contributed by atoms with E-state index in [0.717, 1.165) is 42.9 Å². The summed E-state index contributed by atoms with van der Waals surface area (Å²) in [5.74, 6) is 0.827. The van der Waals surface area contributed by atoms with Gasteiger partial charge in [0.1, 0.15) is 12.4 Å². The number of aryl methyl sites for hydroxylation is 1. The molecule has 0 atom stereocenters. The van der Waals surface area contributed by atoms with Crippen LogP contribution in [0.3, 0.4) is 0 Å². The van der Waals surface area contributed by atoms with Crippen LogP contribution in [0, 0.1) is 0 Å². The van der Waals surface area contributed by atoms with Gasteiger partial charge in [-0.15, -0.1) is 6.58 Å². The summed E-state index contributed by atoms with van der Waals surface area (Å²) in [5, 5.41) is 0. The number of carbonyl (C=O) groups is 1. The van der Waals surface area contributed by atoms with E-state index in [1.54, 1.807) is 4.90 Å². The number of fused-ring (bicyclic) bond motifs is 1. The number of benzene rings is 1. The molecule has 25 heavy (non-hydrogen) atoms. The molecule has 0 radical (unpaired) electrons. The predicted octanol–water partition coefficient (Wildman–Crippen LogP) is 3.65. The van der Waals surface area contributed by atoms with E-state index >= 15 is 0 Å². The Morgan fingerprint density at radius 3 is 2.96 bits per heavy atom. The van der Waals surface area contributed by atoms with Gasteiger partial charge in [-0.25, -0.2) is 4.79 Å². The number of hydrogen-bond donors (Lipinski definition) is 0. The molecule has 1 aromatic carbocycles.